The molecule has 0 aliphatic rings. The highest BCUT2D eigenvalue weighted by Crippen LogP contribution is 2.27. The Bertz CT molecular complexity index is 3520. The van der Waals surface area contributed by atoms with Gasteiger partial charge < -0.3 is 13.4 Å². The van der Waals surface area contributed by atoms with Crippen molar-refractivity contribution in [2.75, 3.05) is 0 Å². The summed E-state index contributed by atoms with van der Waals surface area (Å²) in [7, 11) is 2.12. The fourth-order valence-corrected chi connectivity index (χ4v) is 7.24. The average molecular weight is 1460 g/mol. The van der Waals surface area contributed by atoms with Crippen LogP contribution in [0.4, 0.5) is 0 Å². The van der Waals surface area contributed by atoms with E-state index in [1.54, 1.807) is 74.2 Å². The number of hydrogen-bond acceptors (Lipinski definition) is 15. The van der Waals surface area contributed by atoms with Crippen molar-refractivity contribution >= 4 is 33.1 Å². The van der Waals surface area contributed by atoms with Gasteiger partial charge in [-0.25, -0.2) is 54.8 Å². The minimum absolute atomic E-state index is 0.759. The summed E-state index contributed by atoms with van der Waals surface area (Å²) >= 11 is 0. The van der Waals surface area contributed by atoms with E-state index in [-0.39, 0.29) is 0 Å². The van der Waals surface area contributed by atoms with E-state index in [1.807, 2.05) is 300 Å². The van der Waals surface area contributed by atoms with Crippen molar-refractivity contribution in [2.24, 2.45) is 7.05 Å². The Morgan fingerprint density at radius 2 is 0.654 bits per heavy atom. The first kappa shape index (κ1) is 110. The molecular formula is C89H140N18. The number of aromatic nitrogens is 18. The summed E-state index contributed by atoms with van der Waals surface area (Å²) in [5, 5.41) is 2.68. The molecule has 0 amide bonds. The lowest BCUT2D eigenvalue weighted by Gasteiger charge is -1.95. The molecule has 0 N–H and O–H groups in total. The quantitative estimate of drug-likeness (QED) is 0.138. The van der Waals surface area contributed by atoms with Gasteiger partial charge in [0.05, 0.1) is 17.1 Å². The first-order valence-electron chi connectivity index (χ1n) is 38.2. The molecule has 0 aliphatic heterocycles. The second-order valence-corrected chi connectivity index (χ2v) is 18.7. The van der Waals surface area contributed by atoms with Gasteiger partial charge in [0.1, 0.15) is 48.3 Å². The Morgan fingerprint density at radius 1 is 0.252 bits per heavy atom. The monoisotopic (exact) mass is 1460 g/mol. The van der Waals surface area contributed by atoms with Crippen LogP contribution in [0, 0.1) is 76.2 Å². The maximum Gasteiger partial charge on any atom is 0.137 e. The Kier molecular flexibility index (Phi) is 82.9. The van der Waals surface area contributed by atoms with Crippen LogP contribution >= 0.6 is 0 Å². The lowest BCUT2D eigenvalue weighted by molar-refractivity contribution is 0.974. The smallest absolute Gasteiger partial charge is 0.137 e. The molecule has 0 saturated carbocycles. The van der Waals surface area contributed by atoms with Crippen LogP contribution in [0.2, 0.25) is 0 Å². The van der Waals surface area contributed by atoms with Crippen molar-refractivity contribution < 1.29 is 0 Å². The Morgan fingerprint density at radius 3 is 0.925 bits per heavy atom. The number of nitrogens with zero attached hydrogens (tertiary/aromatic N) is 18. The van der Waals surface area contributed by atoms with Crippen LogP contribution in [-0.4, -0.2) is 88.1 Å². The third-order valence-corrected chi connectivity index (χ3v) is 11.9. The lowest BCUT2D eigenvalue weighted by atomic mass is 10.2. The number of hydrogen-bond donors (Lipinski definition) is 0. The maximum absolute atomic E-state index is 4.38. The second-order valence-electron chi connectivity index (χ2n) is 18.7. The van der Waals surface area contributed by atoms with Crippen LogP contribution in [0.25, 0.3) is 33.1 Å². The summed E-state index contributed by atoms with van der Waals surface area (Å²) in [6.45, 7) is 65.8. The largest absolute Gasteiger partial charge is 0.344 e. The number of fused-ring (bicyclic) bond motifs is 5. The molecule has 0 radical (unpaired) electrons. The van der Waals surface area contributed by atoms with Crippen LogP contribution in [0.1, 0.15) is 215 Å². The van der Waals surface area contributed by atoms with Crippen molar-refractivity contribution in [2.45, 2.75) is 228 Å². The third-order valence-electron chi connectivity index (χ3n) is 11.9. The molecule has 12 aromatic heterocycles. The zero-order valence-electron chi connectivity index (χ0n) is 72.5. The molecule has 0 spiro atoms. The molecule has 0 saturated heterocycles. The SMILES string of the molecule is CC.CC.CC.CC.CC.CC.CC.CC.CC.CC.CC.Cc1cccnc1.Cc1ccncc1.Cc1ccncn1.Cc1cnccn1.Cc1cncnc1.Cc1nc2ccccn2c1C.Cc1nc2ccccn2c1C.Cc1ncccn1.Cc1ncncn1.Cn1c2ccccc2c2ccccc21. The molecule has 12 heterocycles. The third kappa shape index (κ3) is 52.8. The molecule has 107 heavy (non-hydrogen) atoms. The first-order valence-corrected chi connectivity index (χ1v) is 38.2. The van der Waals surface area contributed by atoms with Gasteiger partial charge in [0.25, 0.3) is 0 Å². The molecule has 14 rings (SSSR count). The highest BCUT2D eigenvalue weighted by Gasteiger charge is 2.05. The van der Waals surface area contributed by atoms with Crippen LogP contribution in [0.15, 0.2) is 233 Å². The van der Waals surface area contributed by atoms with Crippen molar-refractivity contribution in [1.82, 2.24) is 88.1 Å². The molecule has 2 aromatic carbocycles. The predicted molar refractivity (Wildman–Crippen MR) is 464 cm³/mol. The molecular weight excluding hydrogens is 1320 g/mol. The van der Waals surface area contributed by atoms with Gasteiger partial charge >= 0.3 is 0 Å². The fraction of sp³-hybridized carbons (Fsp3) is 0.382. The normalized spacial score (nSPS) is 8.28. The summed E-state index contributed by atoms with van der Waals surface area (Å²) in [5.41, 5.74) is 14.9. The molecule has 0 unspecified atom stereocenters. The molecule has 18 heteroatoms. The second kappa shape index (κ2) is 80.9. The van der Waals surface area contributed by atoms with Crippen LogP contribution < -0.4 is 0 Å². The first-order chi connectivity index (χ1) is 52.2. The van der Waals surface area contributed by atoms with Gasteiger partial charge in [-0.15, -0.1) is 0 Å². The summed E-state index contributed by atoms with van der Waals surface area (Å²) in [6.07, 6.45) is 31.0. The molecule has 14 aromatic rings. The summed E-state index contributed by atoms with van der Waals surface area (Å²) in [5.74, 6) is 1.58. The van der Waals surface area contributed by atoms with Crippen LogP contribution in [0.3, 0.4) is 0 Å². The van der Waals surface area contributed by atoms with Gasteiger partial charge in [-0.1, -0.05) is 207 Å². The Labute approximate surface area is 649 Å². The van der Waals surface area contributed by atoms with Crippen molar-refractivity contribution in [3.8, 4) is 0 Å². The topological polar surface area (TPSA) is 207 Å². The number of imidazole rings is 2. The zero-order chi connectivity index (χ0) is 83.0. The van der Waals surface area contributed by atoms with E-state index < -0.39 is 0 Å². The number of benzene rings is 2. The van der Waals surface area contributed by atoms with E-state index in [0.29, 0.717) is 0 Å². The highest BCUT2D eigenvalue weighted by molar-refractivity contribution is 6.07. The summed E-state index contributed by atoms with van der Waals surface area (Å²) in [6, 6.07) is 40.6. The molecule has 0 aliphatic carbocycles. The molecule has 0 bridgehead atoms. The summed E-state index contributed by atoms with van der Waals surface area (Å²) in [4.78, 5) is 58.2. The highest BCUT2D eigenvalue weighted by atomic mass is 15.0. The van der Waals surface area contributed by atoms with E-state index in [9.17, 15) is 0 Å². The van der Waals surface area contributed by atoms with Crippen molar-refractivity contribution in [3.05, 3.63) is 296 Å². The Hall–Kier alpha value is -10.8. The average Bonchev–Trinajstić information content (AvgIpc) is 1.63. The number of pyridine rings is 4. The van der Waals surface area contributed by atoms with Crippen molar-refractivity contribution in [1.29, 1.82) is 0 Å². The van der Waals surface area contributed by atoms with Crippen LogP contribution in [-0.2, 0) is 7.05 Å². The zero-order valence-corrected chi connectivity index (χ0v) is 72.5. The van der Waals surface area contributed by atoms with E-state index in [2.05, 4.69) is 158 Å². The number of aryl methyl sites for hydroxylation is 12. The Balaban J connectivity index is -0.000000203. The molecule has 0 atom stereocenters. The molecule has 18 nitrogen and oxygen atoms in total. The van der Waals surface area contributed by atoms with Gasteiger partial charge in [0, 0.05) is 133 Å². The number of rotatable bonds is 0. The predicted octanol–water partition coefficient (Wildman–Crippen LogP) is 24.6. The summed E-state index contributed by atoms with van der Waals surface area (Å²) < 4.78 is 6.43. The minimum atomic E-state index is 0.759. The fourth-order valence-electron chi connectivity index (χ4n) is 7.24. The van der Waals surface area contributed by atoms with Gasteiger partial charge in [-0.05, 0) is 160 Å². The van der Waals surface area contributed by atoms with Gasteiger partial charge in [0.15, 0.2) is 0 Å². The van der Waals surface area contributed by atoms with Crippen LogP contribution in [0.5, 0.6) is 0 Å². The maximum atomic E-state index is 4.38. The van der Waals surface area contributed by atoms with E-state index >= 15 is 0 Å². The number of para-hydroxylation sites is 2. The minimum Gasteiger partial charge on any atom is -0.344 e. The standard InChI is InChI=1S/C13H11N.2C9H10N2.2C6H7N.4C5H6N2.C4H5N3.11C2H6/c1-14-12-8-4-2-6-10(12)11-7-3-5-9-13(11)14;2*1-7-8(2)11-6-4-3-5-9(11)10-7;1-6-2-4-7-5-3-6;1-6-3-2-4-7-5-6;1-5-2-6-4-7-3-5;1-5-4-6-2-3-7-5;1-5-2-3-6-4-7-5;1-5-6-3-2-4-7-5;1-4-6-2-5-3-7-4;11*1-2/h2-9H,1H3;2*3-6H,1-2H3;2*2-5H,1H3;4*2-4H,1H3;2-3H,1H3;11*1-2H3. The van der Waals surface area contributed by atoms with E-state index in [0.717, 1.165) is 51.3 Å². The van der Waals surface area contributed by atoms with Gasteiger partial charge in [0.2, 0.25) is 0 Å². The van der Waals surface area contributed by atoms with Gasteiger partial charge in [-0.2, -0.15) is 0 Å². The van der Waals surface area contributed by atoms with Gasteiger partial charge in [-0.3, -0.25) is 19.9 Å². The van der Waals surface area contributed by atoms with E-state index in [4.69, 9.17) is 0 Å². The lowest BCUT2D eigenvalue weighted by Crippen LogP contribution is -1.84. The van der Waals surface area contributed by atoms with E-state index in [1.165, 1.54) is 69.6 Å². The molecule has 0 fully saturated rings. The van der Waals surface area contributed by atoms with Crippen molar-refractivity contribution in [3.63, 3.8) is 0 Å². The molecule has 586 valence electrons.